The molecule has 2 aromatic carbocycles. The lowest BCUT2D eigenvalue weighted by Gasteiger charge is -2.10. The van der Waals surface area contributed by atoms with E-state index in [1.165, 1.54) is 17.3 Å². The summed E-state index contributed by atoms with van der Waals surface area (Å²) in [5, 5.41) is 8.51. The van der Waals surface area contributed by atoms with Crippen molar-refractivity contribution in [1.82, 2.24) is 19.8 Å². The minimum Gasteiger partial charge on any atom is -0.366 e. The highest BCUT2D eigenvalue weighted by Crippen LogP contribution is 2.32. The molecule has 8 heteroatoms. The Hall–Kier alpha value is -3.13. The second-order valence-corrected chi connectivity index (χ2v) is 8.16. The van der Waals surface area contributed by atoms with Gasteiger partial charge in [-0.1, -0.05) is 31.7 Å². The smallest absolute Gasteiger partial charge is 0.281 e. The van der Waals surface area contributed by atoms with Crippen LogP contribution in [0.5, 0.6) is 0 Å². The molecule has 0 saturated heterocycles. The zero-order chi connectivity index (χ0) is 20.7. The number of nitrogens with zero attached hydrogens (tertiary/aromatic N) is 3. The molecule has 1 atom stereocenters. The Kier molecular flexibility index (Phi) is 4.87. The summed E-state index contributed by atoms with van der Waals surface area (Å²) in [5.74, 6) is -0.0758. The first-order valence-corrected chi connectivity index (χ1v) is 10.2. The van der Waals surface area contributed by atoms with E-state index >= 15 is 0 Å². The molecule has 4 rings (SSSR count). The maximum Gasteiger partial charge on any atom is 0.281 e. The number of hydrogen-bond donors (Lipinski definition) is 2. The summed E-state index contributed by atoms with van der Waals surface area (Å²) < 4.78 is 1.75. The number of fused-ring (bicyclic) bond motifs is 3. The molecule has 7 nitrogen and oxygen atoms in total. The molecule has 148 valence electrons. The number of rotatable bonds is 5. The van der Waals surface area contributed by atoms with Gasteiger partial charge in [-0.2, -0.15) is 4.98 Å². The molecule has 0 fully saturated rings. The lowest BCUT2D eigenvalue weighted by Crippen LogP contribution is -2.11. The fourth-order valence-corrected chi connectivity index (χ4v) is 4.14. The van der Waals surface area contributed by atoms with Crippen molar-refractivity contribution in [2.45, 2.75) is 43.0 Å². The summed E-state index contributed by atoms with van der Waals surface area (Å²) >= 11 is 1.39. The first-order chi connectivity index (χ1) is 13.9. The fraction of sp³-hybridized carbons (Fsp3) is 0.238. The second-order valence-electron chi connectivity index (χ2n) is 7.13. The quantitative estimate of drug-likeness (QED) is 0.525. The predicted molar refractivity (Wildman–Crippen MR) is 114 cm³/mol. The molecule has 0 bridgehead atoms. The van der Waals surface area contributed by atoms with Crippen LogP contribution in [0.2, 0.25) is 0 Å². The Morgan fingerprint density at radius 1 is 1.28 bits per heavy atom. The average molecular weight is 407 g/mol. The Bertz CT molecular complexity index is 1310. The van der Waals surface area contributed by atoms with Crippen LogP contribution in [0.25, 0.3) is 16.6 Å². The highest BCUT2D eigenvalue weighted by Gasteiger charge is 2.16. The molecule has 2 heterocycles. The van der Waals surface area contributed by atoms with Gasteiger partial charge in [0.25, 0.3) is 5.56 Å². The zero-order valence-corrected chi connectivity index (χ0v) is 17.2. The first-order valence-electron chi connectivity index (χ1n) is 9.38. The molecule has 0 radical (unpaired) electrons. The number of carbonyl (C=O) groups excluding carboxylic acids is 1. The van der Waals surface area contributed by atoms with Gasteiger partial charge in [-0.15, -0.1) is 5.10 Å². The van der Waals surface area contributed by atoms with Gasteiger partial charge in [0.1, 0.15) is 0 Å². The summed E-state index contributed by atoms with van der Waals surface area (Å²) in [5.41, 5.74) is 8.83. The van der Waals surface area contributed by atoms with E-state index in [0.717, 1.165) is 22.4 Å². The van der Waals surface area contributed by atoms with Crippen LogP contribution in [0.4, 0.5) is 0 Å². The van der Waals surface area contributed by atoms with Crippen LogP contribution in [0.3, 0.4) is 0 Å². The topological polar surface area (TPSA) is 106 Å². The van der Waals surface area contributed by atoms with E-state index in [4.69, 9.17) is 5.73 Å². The van der Waals surface area contributed by atoms with Gasteiger partial charge in [-0.05, 0) is 60.7 Å². The number of nitrogens with one attached hydrogen (secondary N) is 1. The lowest BCUT2D eigenvalue weighted by molar-refractivity contribution is 0.1000. The molecule has 1 unspecified atom stereocenters. The first kappa shape index (κ1) is 19.2. The van der Waals surface area contributed by atoms with Crippen molar-refractivity contribution in [3.05, 3.63) is 63.4 Å². The SMILES string of the molecule is CCC(C)c1ccc2c(=O)nc3c(Sc4ccc(C(N)=O)cc4C)n[nH]n3c2c1. The van der Waals surface area contributed by atoms with Gasteiger partial charge >= 0.3 is 0 Å². The highest BCUT2D eigenvalue weighted by atomic mass is 32.2. The summed E-state index contributed by atoms with van der Waals surface area (Å²) in [6.07, 6.45) is 1.01. The number of amides is 1. The predicted octanol–water partition coefficient (Wildman–Crippen LogP) is 3.64. The van der Waals surface area contributed by atoms with Crippen molar-refractivity contribution in [2.24, 2.45) is 5.73 Å². The Morgan fingerprint density at radius 3 is 2.76 bits per heavy atom. The van der Waals surface area contributed by atoms with Gasteiger partial charge in [-0.25, -0.2) is 9.73 Å². The van der Waals surface area contributed by atoms with E-state index in [1.54, 1.807) is 16.6 Å². The minimum atomic E-state index is -0.466. The van der Waals surface area contributed by atoms with E-state index in [1.807, 2.05) is 31.2 Å². The van der Waals surface area contributed by atoms with Gasteiger partial charge in [0, 0.05) is 10.5 Å². The third-order valence-electron chi connectivity index (χ3n) is 5.20. The van der Waals surface area contributed by atoms with Crippen molar-refractivity contribution in [2.75, 3.05) is 0 Å². The molecule has 0 aliphatic heterocycles. The number of aromatic amines is 1. The molecule has 0 aliphatic carbocycles. The number of H-pyrrole nitrogens is 1. The van der Waals surface area contributed by atoms with Crippen LogP contribution in [0, 0.1) is 6.92 Å². The van der Waals surface area contributed by atoms with Crippen LogP contribution in [-0.4, -0.2) is 25.7 Å². The second kappa shape index (κ2) is 7.36. The van der Waals surface area contributed by atoms with Gasteiger partial charge < -0.3 is 5.73 Å². The molecular weight excluding hydrogens is 386 g/mol. The fourth-order valence-electron chi connectivity index (χ4n) is 3.26. The molecule has 2 aromatic heterocycles. The van der Waals surface area contributed by atoms with Crippen molar-refractivity contribution in [1.29, 1.82) is 0 Å². The number of carbonyl (C=O) groups is 1. The molecule has 1 amide bonds. The molecule has 29 heavy (non-hydrogen) atoms. The van der Waals surface area contributed by atoms with E-state index in [0.29, 0.717) is 27.5 Å². The van der Waals surface area contributed by atoms with E-state index in [9.17, 15) is 9.59 Å². The van der Waals surface area contributed by atoms with Crippen molar-refractivity contribution < 1.29 is 4.79 Å². The Labute approximate surface area is 171 Å². The van der Waals surface area contributed by atoms with Crippen molar-refractivity contribution in [3.8, 4) is 0 Å². The van der Waals surface area contributed by atoms with Crippen LogP contribution in [0.15, 0.2) is 51.1 Å². The Balaban J connectivity index is 1.83. The van der Waals surface area contributed by atoms with Gasteiger partial charge in [0.2, 0.25) is 5.91 Å². The van der Waals surface area contributed by atoms with Crippen LogP contribution < -0.4 is 11.3 Å². The monoisotopic (exact) mass is 407 g/mol. The summed E-state index contributed by atoms with van der Waals surface area (Å²) in [7, 11) is 0. The van der Waals surface area contributed by atoms with Gasteiger partial charge in [-0.3, -0.25) is 9.59 Å². The van der Waals surface area contributed by atoms with Crippen LogP contribution in [0.1, 0.15) is 47.7 Å². The molecule has 3 N–H and O–H groups in total. The number of aryl methyl sites for hydroxylation is 1. The molecular formula is C21H21N5O2S. The largest absolute Gasteiger partial charge is 0.366 e. The van der Waals surface area contributed by atoms with Gasteiger partial charge in [0.05, 0.1) is 10.9 Å². The third kappa shape index (κ3) is 3.40. The third-order valence-corrected chi connectivity index (χ3v) is 6.35. The van der Waals surface area contributed by atoms with Crippen LogP contribution in [-0.2, 0) is 0 Å². The standard InChI is InChI=1S/C21H21N5O2S/c1-4-11(2)13-5-7-15-16(10-13)26-19(23-20(15)28)21(24-25-26)29-17-8-6-14(18(22)27)9-12(17)3/h5-11,25H,4H2,1-3H3,(H2,22,27). The summed E-state index contributed by atoms with van der Waals surface area (Å²) in [4.78, 5) is 29.1. The average Bonchev–Trinajstić information content (AvgIpc) is 3.11. The Morgan fingerprint density at radius 2 is 2.07 bits per heavy atom. The maximum atomic E-state index is 12.6. The molecule has 0 spiro atoms. The maximum absolute atomic E-state index is 12.6. The number of benzene rings is 2. The van der Waals surface area contributed by atoms with Gasteiger partial charge in [0.15, 0.2) is 10.7 Å². The molecule has 0 aliphatic rings. The molecule has 4 aromatic rings. The lowest BCUT2D eigenvalue weighted by atomic mass is 9.98. The number of hydrogen-bond acceptors (Lipinski definition) is 5. The van der Waals surface area contributed by atoms with Crippen molar-refractivity contribution >= 4 is 34.2 Å². The zero-order valence-electron chi connectivity index (χ0n) is 16.4. The number of aromatic nitrogens is 4. The van der Waals surface area contributed by atoms with E-state index < -0.39 is 5.91 Å². The summed E-state index contributed by atoms with van der Waals surface area (Å²) in [6, 6.07) is 11.1. The number of primary amides is 1. The van der Waals surface area contributed by atoms with Crippen LogP contribution >= 0.6 is 11.8 Å². The minimum absolute atomic E-state index is 0.278. The number of nitrogens with two attached hydrogens (primary N) is 1. The van der Waals surface area contributed by atoms with Crippen molar-refractivity contribution in [3.63, 3.8) is 0 Å². The normalized spacial score (nSPS) is 12.5. The summed E-state index contributed by atoms with van der Waals surface area (Å²) in [6.45, 7) is 6.20. The van der Waals surface area contributed by atoms with E-state index in [-0.39, 0.29) is 5.56 Å². The molecule has 0 saturated carbocycles. The van der Waals surface area contributed by atoms with E-state index in [2.05, 4.69) is 29.1 Å². The highest BCUT2D eigenvalue weighted by molar-refractivity contribution is 7.99.